The Bertz CT molecular complexity index is 414. The van der Waals surface area contributed by atoms with Gasteiger partial charge in [0, 0.05) is 13.0 Å². The Morgan fingerprint density at radius 3 is 2.53 bits per heavy atom. The van der Waals surface area contributed by atoms with E-state index in [4.69, 9.17) is 9.84 Å². The van der Waals surface area contributed by atoms with Gasteiger partial charge < -0.3 is 15.2 Å². The first kappa shape index (κ1) is 15.0. The van der Waals surface area contributed by atoms with Crippen LogP contribution in [-0.2, 0) is 16.1 Å². The second kappa shape index (κ2) is 8.13. The average molecular weight is 265 g/mol. The predicted molar refractivity (Wildman–Crippen MR) is 70.9 cm³/mol. The lowest BCUT2D eigenvalue weighted by Gasteiger charge is -2.07. The van der Waals surface area contributed by atoms with Crippen molar-refractivity contribution in [2.75, 3.05) is 6.54 Å². The van der Waals surface area contributed by atoms with Crippen molar-refractivity contribution in [2.24, 2.45) is 0 Å². The van der Waals surface area contributed by atoms with Gasteiger partial charge in [0.05, 0.1) is 0 Å². The van der Waals surface area contributed by atoms with Gasteiger partial charge in [-0.1, -0.05) is 29.8 Å². The first-order valence-corrected chi connectivity index (χ1v) is 6.26. The summed E-state index contributed by atoms with van der Waals surface area (Å²) in [6.07, 6.45) is 0.829. The van der Waals surface area contributed by atoms with E-state index in [9.17, 15) is 9.59 Å². The number of nitrogens with one attached hydrogen (secondary N) is 1. The number of carbonyl (C=O) groups excluding carboxylic acids is 1. The molecule has 0 heterocycles. The molecule has 0 radical (unpaired) electrons. The third kappa shape index (κ3) is 7.08. The van der Waals surface area contributed by atoms with Gasteiger partial charge in [0.2, 0.25) is 0 Å². The quantitative estimate of drug-likeness (QED) is 0.743. The number of benzene rings is 1. The fraction of sp³-hybridized carbons (Fsp3) is 0.429. The van der Waals surface area contributed by atoms with Crippen molar-refractivity contribution < 1.29 is 19.4 Å². The van der Waals surface area contributed by atoms with E-state index in [1.807, 2.05) is 31.2 Å². The number of rotatable bonds is 7. The second-order valence-electron chi connectivity index (χ2n) is 4.34. The molecular weight excluding hydrogens is 246 g/mol. The summed E-state index contributed by atoms with van der Waals surface area (Å²) in [7, 11) is 0. The highest BCUT2D eigenvalue weighted by molar-refractivity contribution is 5.67. The molecule has 1 amide bonds. The van der Waals surface area contributed by atoms with Crippen LogP contribution in [0.15, 0.2) is 24.3 Å². The second-order valence-corrected chi connectivity index (χ2v) is 4.34. The summed E-state index contributed by atoms with van der Waals surface area (Å²) in [6, 6.07) is 7.75. The molecular formula is C14H19NO4. The van der Waals surface area contributed by atoms with E-state index < -0.39 is 12.1 Å². The Balaban J connectivity index is 2.11. The SMILES string of the molecule is Cc1ccc(COC(=O)NCCCCC(=O)O)cc1. The lowest BCUT2D eigenvalue weighted by molar-refractivity contribution is -0.137. The van der Waals surface area contributed by atoms with E-state index in [0.717, 1.165) is 11.1 Å². The third-order valence-electron chi connectivity index (χ3n) is 2.58. The maximum Gasteiger partial charge on any atom is 0.407 e. The van der Waals surface area contributed by atoms with Crippen molar-refractivity contribution in [1.82, 2.24) is 5.32 Å². The molecule has 19 heavy (non-hydrogen) atoms. The van der Waals surface area contributed by atoms with Gasteiger partial charge in [-0.2, -0.15) is 0 Å². The number of ether oxygens (including phenoxy) is 1. The summed E-state index contributed by atoms with van der Waals surface area (Å²) in [5.74, 6) is -0.818. The number of alkyl carbamates (subject to hydrolysis) is 1. The molecule has 0 aromatic heterocycles. The van der Waals surface area contributed by atoms with E-state index in [-0.39, 0.29) is 13.0 Å². The van der Waals surface area contributed by atoms with Crippen LogP contribution in [0.25, 0.3) is 0 Å². The van der Waals surface area contributed by atoms with Crippen LogP contribution in [0.1, 0.15) is 30.4 Å². The number of carboxylic acids is 1. The topological polar surface area (TPSA) is 75.6 Å². The van der Waals surface area contributed by atoms with Crippen molar-refractivity contribution in [3.05, 3.63) is 35.4 Å². The molecule has 0 spiro atoms. The van der Waals surface area contributed by atoms with Crippen LogP contribution in [0, 0.1) is 6.92 Å². The minimum atomic E-state index is -0.818. The monoisotopic (exact) mass is 265 g/mol. The Hall–Kier alpha value is -2.04. The number of aryl methyl sites for hydroxylation is 1. The lowest BCUT2D eigenvalue weighted by Crippen LogP contribution is -2.25. The molecule has 1 rings (SSSR count). The van der Waals surface area contributed by atoms with Crippen LogP contribution in [-0.4, -0.2) is 23.7 Å². The molecule has 1 aromatic rings. The summed E-state index contributed by atoms with van der Waals surface area (Å²) >= 11 is 0. The zero-order chi connectivity index (χ0) is 14.1. The zero-order valence-corrected chi connectivity index (χ0v) is 11.0. The molecule has 0 aliphatic heterocycles. The number of carboxylic acid groups (broad SMARTS) is 1. The molecule has 0 fully saturated rings. The highest BCUT2D eigenvalue weighted by atomic mass is 16.5. The molecule has 0 aliphatic carbocycles. The van der Waals surface area contributed by atoms with Gasteiger partial charge in [0.1, 0.15) is 6.61 Å². The predicted octanol–water partition coefficient (Wildman–Crippen LogP) is 2.48. The smallest absolute Gasteiger partial charge is 0.407 e. The molecule has 0 aliphatic rings. The van der Waals surface area contributed by atoms with E-state index >= 15 is 0 Å². The van der Waals surface area contributed by atoms with Gasteiger partial charge in [-0.3, -0.25) is 4.79 Å². The molecule has 1 aromatic carbocycles. The number of hydrogen-bond acceptors (Lipinski definition) is 3. The molecule has 5 nitrogen and oxygen atoms in total. The molecule has 0 bridgehead atoms. The molecule has 0 saturated carbocycles. The van der Waals surface area contributed by atoms with Crippen LogP contribution < -0.4 is 5.32 Å². The Kier molecular flexibility index (Phi) is 6.43. The summed E-state index contributed by atoms with van der Waals surface area (Å²) in [5, 5.41) is 11.0. The lowest BCUT2D eigenvalue weighted by atomic mass is 10.2. The van der Waals surface area contributed by atoms with E-state index in [1.54, 1.807) is 0 Å². The maximum absolute atomic E-state index is 11.3. The molecule has 2 N–H and O–H groups in total. The van der Waals surface area contributed by atoms with Crippen LogP contribution in [0.5, 0.6) is 0 Å². The van der Waals surface area contributed by atoms with E-state index in [2.05, 4.69) is 5.32 Å². The normalized spacial score (nSPS) is 9.95. The fourth-order valence-corrected chi connectivity index (χ4v) is 1.48. The van der Waals surface area contributed by atoms with E-state index in [0.29, 0.717) is 19.4 Å². The average Bonchev–Trinajstić information content (AvgIpc) is 2.37. The van der Waals surface area contributed by atoms with Crippen LogP contribution in [0.3, 0.4) is 0 Å². The van der Waals surface area contributed by atoms with Crippen molar-refractivity contribution in [3.8, 4) is 0 Å². The van der Waals surface area contributed by atoms with Crippen molar-refractivity contribution in [1.29, 1.82) is 0 Å². The first-order chi connectivity index (χ1) is 9.08. The first-order valence-electron chi connectivity index (χ1n) is 6.26. The maximum atomic E-state index is 11.3. The minimum absolute atomic E-state index is 0.125. The molecule has 0 unspecified atom stereocenters. The van der Waals surface area contributed by atoms with Gasteiger partial charge in [-0.25, -0.2) is 4.79 Å². The largest absolute Gasteiger partial charge is 0.481 e. The zero-order valence-electron chi connectivity index (χ0n) is 11.0. The van der Waals surface area contributed by atoms with Gasteiger partial charge in [-0.15, -0.1) is 0 Å². The summed E-state index contributed by atoms with van der Waals surface area (Å²) in [6.45, 7) is 2.66. The number of hydrogen-bond donors (Lipinski definition) is 2. The van der Waals surface area contributed by atoms with Crippen LogP contribution in [0.4, 0.5) is 4.79 Å². The standard InChI is InChI=1S/C14H19NO4/c1-11-5-7-12(8-6-11)10-19-14(18)15-9-3-2-4-13(16)17/h5-8H,2-4,9-10H2,1H3,(H,15,18)(H,16,17). The van der Waals surface area contributed by atoms with E-state index in [1.165, 1.54) is 0 Å². The molecule has 104 valence electrons. The van der Waals surface area contributed by atoms with Crippen molar-refractivity contribution in [3.63, 3.8) is 0 Å². The highest BCUT2D eigenvalue weighted by Crippen LogP contribution is 2.04. The number of unbranched alkanes of at least 4 members (excludes halogenated alkanes) is 1. The van der Waals surface area contributed by atoms with Crippen LogP contribution in [0.2, 0.25) is 0 Å². The van der Waals surface area contributed by atoms with Gasteiger partial charge in [0.25, 0.3) is 0 Å². The molecule has 0 saturated heterocycles. The minimum Gasteiger partial charge on any atom is -0.481 e. The van der Waals surface area contributed by atoms with Crippen LogP contribution >= 0.6 is 0 Å². The molecule has 5 heteroatoms. The Labute approximate surface area is 112 Å². The number of aliphatic carboxylic acids is 1. The van der Waals surface area contributed by atoms with Crippen molar-refractivity contribution in [2.45, 2.75) is 32.8 Å². The number of carbonyl (C=O) groups is 2. The summed E-state index contributed by atoms with van der Waals surface area (Å²) in [4.78, 5) is 21.6. The fourth-order valence-electron chi connectivity index (χ4n) is 1.48. The highest BCUT2D eigenvalue weighted by Gasteiger charge is 2.02. The molecule has 0 atom stereocenters. The Morgan fingerprint density at radius 2 is 1.89 bits per heavy atom. The third-order valence-corrected chi connectivity index (χ3v) is 2.58. The Morgan fingerprint density at radius 1 is 1.21 bits per heavy atom. The van der Waals surface area contributed by atoms with Crippen molar-refractivity contribution >= 4 is 12.1 Å². The summed E-state index contributed by atoms with van der Waals surface area (Å²) < 4.78 is 5.03. The van der Waals surface area contributed by atoms with Gasteiger partial charge in [0.15, 0.2) is 0 Å². The van der Waals surface area contributed by atoms with Gasteiger partial charge >= 0.3 is 12.1 Å². The van der Waals surface area contributed by atoms with Gasteiger partial charge in [-0.05, 0) is 25.3 Å². The summed E-state index contributed by atoms with van der Waals surface area (Å²) in [5.41, 5.74) is 2.10. The number of amides is 1.